The van der Waals surface area contributed by atoms with Gasteiger partial charge in [-0.1, -0.05) is 60.7 Å². The number of hydrogen-bond acceptors (Lipinski definition) is 2. The fourth-order valence-electron chi connectivity index (χ4n) is 3.92. The normalized spacial score (nSPS) is 10.5. The molecule has 0 spiro atoms. The molecule has 163 valence electrons. The van der Waals surface area contributed by atoms with Gasteiger partial charge in [0.2, 0.25) is 0 Å². The molecule has 0 amide bonds. The summed E-state index contributed by atoms with van der Waals surface area (Å²) in [5.74, 6) is -0.303. The van der Waals surface area contributed by atoms with Crippen molar-refractivity contribution in [3.63, 3.8) is 0 Å². The molecule has 1 radical (unpaired) electrons. The topological polar surface area (TPSA) is 25.8 Å². The van der Waals surface area contributed by atoms with Crippen LogP contribution in [0.1, 0.15) is 5.56 Å². The average molecular weight is 608 g/mol. The molecule has 0 aliphatic carbocycles. The Hall–Kier alpha value is -3.46. The van der Waals surface area contributed by atoms with Gasteiger partial charge in [-0.2, -0.15) is 0 Å². The Morgan fingerprint density at radius 2 is 1.48 bits per heavy atom. The van der Waals surface area contributed by atoms with Gasteiger partial charge in [-0.15, -0.1) is 35.0 Å². The first-order valence-corrected chi connectivity index (χ1v) is 10.5. The molecule has 0 aliphatic rings. The summed E-state index contributed by atoms with van der Waals surface area (Å²) in [5, 5.41) is 5.92. The molecule has 0 N–H and O–H groups in total. The van der Waals surface area contributed by atoms with E-state index in [0.717, 1.165) is 27.7 Å². The summed E-state index contributed by atoms with van der Waals surface area (Å²) in [4.78, 5) is 8.64. The van der Waals surface area contributed by atoms with Crippen molar-refractivity contribution in [1.82, 2.24) is 9.97 Å². The molecule has 6 aromatic rings. The first-order chi connectivity index (χ1) is 15.7. The SMILES string of the molecule is Cc1ccccc1-c1ccc(F)cn1.[Ir].[c-]1cccc2ccc3c4ccccc4cnc3c12. The van der Waals surface area contributed by atoms with Gasteiger partial charge in [0.05, 0.1) is 11.9 Å². The van der Waals surface area contributed by atoms with E-state index in [9.17, 15) is 4.39 Å². The maximum atomic E-state index is 12.6. The molecule has 0 unspecified atom stereocenters. The van der Waals surface area contributed by atoms with E-state index in [2.05, 4.69) is 52.4 Å². The van der Waals surface area contributed by atoms with Crippen molar-refractivity contribution in [3.8, 4) is 11.3 Å². The minimum absolute atomic E-state index is 0. The van der Waals surface area contributed by atoms with Crippen LogP contribution in [-0.2, 0) is 20.1 Å². The Balaban J connectivity index is 0.000000158. The Bertz CT molecular complexity index is 1470. The smallest absolute Gasteiger partial charge is 0.141 e. The summed E-state index contributed by atoms with van der Waals surface area (Å²) in [6, 6.07) is 33.0. The van der Waals surface area contributed by atoms with Gasteiger partial charge in [0.15, 0.2) is 0 Å². The van der Waals surface area contributed by atoms with Gasteiger partial charge >= 0.3 is 0 Å². The zero-order chi connectivity index (χ0) is 21.9. The molecule has 0 bridgehead atoms. The number of halogens is 1. The number of rotatable bonds is 1. The molecule has 2 aromatic heterocycles. The number of aryl methyl sites for hydroxylation is 1. The van der Waals surface area contributed by atoms with Crippen LogP contribution in [0, 0.1) is 18.8 Å². The fourth-order valence-corrected chi connectivity index (χ4v) is 3.92. The van der Waals surface area contributed by atoms with Crippen molar-refractivity contribution >= 4 is 32.4 Å². The van der Waals surface area contributed by atoms with E-state index in [1.165, 1.54) is 33.8 Å². The van der Waals surface area contributed by atoms with Crippen LogP contribution in [0.3, 0.4) is 0 Å². The third kappa shape index (κ3) is 4.68. The molecule has 4 heteroatoms. The van der Waals surface area contributed by atoms with Crippen LogP contribution >= 0.6 is 0 Å². The first kappa shape index (κ1) is 22.7. The van der Waals surface area contributed by atoms with Crippen LogP contribution in [0.5, 0.6) is 0 Å². The second-order valence-corrected chi connectivity index (χ2v) is 7.62. The summed E-state index contributed by atoms with van der Waals surface area (Å²) in [6.45, 7) is 2.01. The third-order valence-electron chi connectivity index (χ3n) is 5.54. The average Bonchev–Trinajstić information content (AvgIpc) is 2.85. The standard InChI is InChI=1S/C17H10N.C12H10FN.Ir/c1-4-8-15-12(5-1)9-10-16-14-7-3-2-6-13(14)11-18-17(15)16;1-9-4-2-3-5-11(9)12-7-6-10(13)8-14-12;/h1-7,9-11H;2-8H,1H3;/q-1;;. The van der Waals surface area contributed by atoms with E-state index in [0.29, 0.717) is 0 Å². The number of aromatic nitrogens is 2. The van der Waals surface area contributed by atoms with Gasteiger partial charge in [-0.05, 0) is 46.3 Å². The summed E-state index contributed by atoms with van der Waals surface area (Å²) in [6.07, 6.45) is 3.18. The van der Waals surface area contributed by atoms with Crippen molar-refractivity contribution in [1.29, 1.82) is 0 Å². The molecule has 0 atom stereocenters. The summed E-state index contributed by atoms with van der Waals surface area (Å²) < 4.78 is 12.6. The Kier molecular flexibility index (Phi) is 6.88. The number of nitrogens with zero attached hydrogens (tertiary/aromatic N) is 2. The van der Waals surface area contributed by atoms with Crippen molar-refractivity contribution in [2.24, 2.45) is 0 Å². The predicted molar refractivity (Wildman–Crippen MR) is 130 cm³/mol. The van der Waals surface area contributed by atoms with Crippen molar-refractivity contribution in [2.45, 2.75) is 6.92 Å². The van der Waals surface area contributed by atoms with E-state index in [1.807, 2.05) is 55.6 Å². The Morgan fingerprint density at radius 1 is 0.697 bits per heavy atom. The molecule has 33 heavy (non-hydrogen) atoms. The zero-order valence-electron chi connectivity index (χ0n) is 17.9. The van der Waals surface area contributed by atoms with Crippen LogP contribution in [0.25, 0.3) is 43.7 Å². The quantitative estimate of drug-likeness (QED) is 0.143. The summed E-state index contributed by atoms with van der Waals surface area (Å²) in [7, 11) is 0. The summed E-state index contributed by atoms with van der Waals surface area (Å²) in [5.41, 5.74) is 4.04. The largest absolute Gasteiger partial charge is 0.303 e. The van der Waals surface area contributed by atoms with Gasteiger partial charge in [0.25, 0.3) is 0 Å². The van der Waals surface area contributed by atoms with E-state index >= 15 is 0 Å². The molecule has 4 aromatic carbocycles. The van der Waals surface area contributed by atoms with E-state index in [4.69, 9.17) is 0 Å². The molecule has 0 saturated carbocycles. The Labute approximate surface area is 205 Å². The second kappa shape index (κ2) is 9.99. The van der Waals surface area contributed by atoms with Crippen LogP contribution in [0.4, 0.5) is 4.39 Å². The van der Waals surface area contributed by atoms with Gasteiger partial charge in [-0.25, -0.2) is 4.39 Å². The van der Waals surface area contributed by atoms with Gasteiger partial charge in [0, 0.05) is 31.9 Å². The van der Waals surface area contributed by atoms with E-state index in [-0.39, 0.29) is 25.9 Å². The van der Waals surface area contributed by atoms with Crippen molar-refractivity contribution in [2.75, 3.05) is 0 Å². The zero-order valence-corrected chi connectivity index (χ0v) is 20.3. The summed E-state index contributed by atoms with van der Waals surface area (Å²) >= 11 is 0. The van der Waals surface area contributed by atoms with E-state index < -0.39 is 0 Å². The minimum atomic E-state index is -0.303. The third-order valence-corrected chi connectivity index (χ3v) is 5.54. The van der Waals surface area contributed by atoms with Gasteiger partial charge in [-0.3, -0.25) is 4.98 Å². The Morgan fingerprint density at radius 3 is 2.30 bits per heavy atom. The van der Waals surface area contributed by atoms with Gasteiger partial charge < -0.3 is 4.98 Å². The number of pyridine rings is 2. The molecule has 2 heterocycles. The molecular formula is C29H20FIrN2-. The molecule has 2 nitrogen and oxygen atoms in total. The van der Waals surface area contributed by atoms with Gasteiger partial charge in [0.1, 0.15) is 5.82 Å². The maximum Gasteiger partial charge on any atom is 0.141 e. The molecule has 0 fully saturated rings. The number of benzene rings is 4. The monoisotopic (exact) mass is 608 g/mol. The molecular weight excluding hydrogens is 588 g/mol. The first-order valence-electron chi connectivity index (χ1n) is 10.5. The number of hydrogen-bond donors (Lipinski definition) is 0. The minimum Gasteiger partial charge on any atom is -0.303 e. The maximum absolute atomic E-state index is 12.6. The number of fused-ring (bicyclic) bond motifs is 5. The van der Waals surface area contributed by atoms with Crippen LogP contribution in [-0.4, -0.2) is 9.97 Å². The molecule has 0 saturated heterocycles. The fraction of sp³-hybridized carbons (Fsp3) is 0.0345. The molecule has 6 rings (SSSR count). The molecule has 0 aliphatic heterocycles. The predicted octanol–water partition coefficient (Wildman–Crippen LogP) is 7.54. The van der Waals surface area contributed by atoms with Crippen LogP contribution in [0.2, 0.25) is 0 Å². The van der Waals surface area contributed by atoms with Crippen LogP contribution in [0.15, 0.2) is 103 Å². The van der Waals surface area contributed by atoms with E-state index in [1.54, 1.807) is 6.07 Å². The second-order valence-electron chi connectivity index (χ2n) is 7.62. The van der Waals surface area contributed by atoms with Crippen molar-refractivity contribution < 1.29 is 24.5 Å². The van der Waals surface area contributed by atoms with Crippen molar-refractivity contribution in [3.05, 3.63) is 121 Å². The van der Waals surface area contributed by atoms with Crippen LogP contribution < -0.4 is 0 Å².